The first kappa shape index (κ1) is 17.2. The molecule has 0 unspecified atom stereocenters. The molecule has 25 heavy (non-hydrogen) atoms. The molecule has 1 aliphatic rings. The molecular weight excluding hydrogens is 324 g/mol. The quantitative estimate of drug-likeness (QED) is 0.615. The molecule has 1 amide bonds. The number of rotatable bonds is 5. The molecule has 7 heteroatoms. The molecular formula is C18H20N2O5. The molecule has 7 nitrogen and oxygen atoms in total. The standard InChI is InChI=1S/C18H20N2O5/c1-2-14-7-8-17(25-14)16-12-24-10-9-19(16)18(21)11-13-5-3-4-6-15(13)20(22)23/h3-8,16H,2,9-12H2,1H3/t16-/m0/s1. The average molecular weight is 344 g/mol. The molecule has 1 fully saturated rings. The predicted octanol–water partition coefficient (Wildman–Crippen LogP) is 2.89. The largest absolute Gasteiger partial charge is 0.464 e. The van der Waals surface area contributed by atoms with Crippen LogP contribution in [-0.4, -0.2) is 35.5 Å². The molecule has 0 N–H and O–H groups in total. The van der Waals surface area contributed by atoms with Gasteiger partial charge in [0.05, 0.1) is 24.6 Å². The molecule has 1 saturated heterocycles. The molecule has 2 heterocycles. The highest BCUT2D eigenvalue weighted by molar-refractivity contribution is 5.80. The number of carbonyl (C=O) groups excluding carboxylic acids is 1. The first-order chi connectivity index (χ1) is 12.1. The average Bonchev–Trinajstić information content (AvgIpc) is 3.11. The molecule has 1 atom stereocenters. The van der Waals surface area contributed by atoms with E-state index >= 15 is 0 Å². The van der Waals surface area contributed by atoms with Gasteiger partial charge in [0.1, 0.15) is 17.6 Å². The highest BCUT2D eigenvalue weighted by atomic mass is 16.6. The molecule has 3 rings (SSSR count). The van der Waals surface area contributed by atoms with Crippen LogP contribution in [0.25, 0.3) is 0 Å². The Kier molecular flexibility index (Phi) is 5.14. The van der Waals surface area contributed by atoms with E-state index in [4.69, 9.17) is 9.15 Å². The van der Waals surface area contributed by atoms with Crippen molar-refractivity contribution in [3.05, 3.63) is 63.6 Å². The van der Waals surface area contributed by atoms with Gasteiger partial charge in [-0.25, -0.2) is 0 Å². The van der Waals surface area contributed by atoms with Crippen molar-refractivity contribution in [2.75, 3.05) is 19.8 Å². The Hall–Kier alpha value is -2.67. The van der Waals surface area contributed by atoms with Gasteiger partial charge >= 0.3 is 0 Å². The van der Waals surface area contributed by atoms with Gasteiger partial charge in [0.25, 0.3) is 5.69 Å². The summed E-state index contributed by atoms with van der Waals surface area (Å²) in [6.45, 7) is 3.24. The van der Waals surface area contributed by atoms with Crippen LogP contribution in [0.2, 0.25) is 0 Å². The Morgan fingerprint density at radius 3 is 2.84 bits per heavy atom. The molecule has 1 aromatic heterocycles. The molecule has 1 aromatic carbocycles. The minimum absolute atomic E-state index is 0.0189. The lowest BCUT2D eigenvalue weighted by Gasteiger charge is -2.34. The van der Waals surface area contributed by atoms with Gasteiger partial charge in [-0.15, -0.1) is 0 Å². The number of hydrogen-bond donors (Lipinski definition) is 0. The van der Waals surface area contributed by atoms with Crippen LogP contribution in [0.3, 0.4) is 0 Å². The van der Waals surface area contributed by atoms with Crippen LogP contribution < -0.4 is 0 Å². The van der Waals surface area contributed by atoms with Gasteiger partial charge in [-0.1, -0.05) is 25.1 Å². The summed E-state index contributed by atoms with van der Waals surface area (Å²) in [5.74, 6) is 1.37. The molecule has 0 bridgehead atoms. The van der Waals surface area contributed by atoms with Crippen molar-refractivity contribution in [3.63, 3.8) is 0 Å². The maximum absolute atomic E-state index is 12.8. The lowest BCUT2D eigenvalue weighted by molar-refractivity contribution is -0.385. The van der Waals surface area contributed by atoms with Gasteiger partial charge < -0.3 is 14.1 Å². The van der Waals surface area contributed by atoms with E-state index in [1.54, 1.807) is 23.1 Å². The molecule has 2 aromatic rings. The smallest absolute Gasteiger partial charge is 0.273 e. The fourth-order valence-electron chi connectivity index (χ4n) is 3.00. The van der Waals surface area contributed by atoms with E-state index in [-0.39, 0.29) is 24.1 Å². The van der Waals surface area contributed by atoms with Gasteiger partial charge in [-0.2, -0.15) is 0 Å². The van der Waals surface area contributed by atoms with Crippen LogP contribution in [0.1, 0.15) is 30.0 Å². The summed E-state index contributed by atoms with van der Waals surface area (Å²) in [7, 11) is 0. The molecule has 0 radical (unpaired) electrons. The fraction of sp³-hybridized carbons (Fsp3) is 0.389. The number of ether oxygens (including phenoxy) is 1. The van der Waals surface area contributed by atoms with Gasteiger partial charge in [0, 0.05) is 24.6 Å². The van der Waals surface area contributed by atoms with E-state index in [1.807, 2.05) is 19.1 Å². The summed E-state index contributed by atoms with van der Waals surface area (Å²) < 4.78 is 11.3. The van der Waals surface area contributed by atoms with Crippen LogP contribution in [-0.2, 0) is 22.4 Å². The topological polar surface area (TPSA) is 85.8 Å². The number of para-hydroxylation sites is 1. The van der Waals surface area contributed by atoms with Crippen LogP contribution >= 0.6 is 0 Å². The zero-order chi connectivity index (χ0) is 17.8. The zero-order valence-electron chi connectivity index (χ0n) is 14.0. The van der Waals surface area contributed by atoms with Crippen molar-refractivity contribution >= 4 is 11.6 Å². The molecule has 0 spiro atoms. The van der Waals surface area contributed by atoms with Crippen molar-refractivity contribution in [2.45, 2.75) is 25.8 Å². The number of aryl methyl sites for hydroxylation is 1. The van der Waals surface area contributed by atoms with E-state index in [0.717, 1.165) is 12.2 Å². The van der Waals surface area contributed by atoms with Crippen molar-refractivity contribution in [1.82, 2.24) is 4.90 Å². The zero-order valence-corrected chi connectivity index (χ0v) is 14.0. The second kappa shape index (κ2) is 7.48. The van der Waals surface area contributed by atoms with Crippen LogP contribution in [0.15, 0.2) is 40.8 Å². The summed E-state index contributed by atoms with van der Waals surface area (Å²) in [6, 6.07) is 9.79. The number of furan rings is 1. The van der Waals surface area contributed by atoms with Gasteiger partial charge in [-0.3, -0.25) is 14.9 Å². The molecule has 132 valence electrons. The van der Waals surface area contributed by atoms with Crippen molar-refractivity contribution in [1.29, 1.82) is 0 Å². The third-order valence-corrected chi connectivity index (χ3v) is 4.34. The minimum Gasteiger partial charge on any atom is -0.464 e. The Morgan fingerprint density at radius 2 is 2.12 bits per heavy atom. The normalized spacial score (nSPS) is 17.5. The van der Waals surface area contributed by atoms with Crippen LogP contribution in [0.4, 0.5) is 5.69 Å². The third kappa shape index (κ3) is 3.71. The maximum Gasteiger partial charge on any atom is 0.273 e. The number of morpholine rings is 1. The molecule has 0 aliphatic carbocycles. The van der Waals surface area contributed by atoms with E-state index < -0.39 is 4.92 Å². The summed E-state index contributed by atoms with van der Waals surface area (Å²) in [6.07, 6.45) is 0.757. The Bertz CT molecular complexity index is 770. The van der Waals surface area contributed by atoms with Crippen LogP contribution in [0.5, 0.6) is 0 Å². The number of benzene rings is 1. The lowest BCUT2D eigenvalue weighted by Crippen LogP contribution is -2.44. The second-order valence-corrected chi connectivity index (χ2v) is 5.90. The van der Waals surface area contributed by atoms with Crippen LogP contribution in [0, 0.1) is 10.1 Å². The molecule has 0 saturated carbocycles. The number of hydrogen-bond acceptors (Lipinski definition) is 5. The Labute approximate surface area is 145 Å². The number of nitro benzene ring substituents is 1. The highest BCUT2D eigenvalue weighted by Gasteiger charge is 2.31. The SMILES string of the molecule is CCc1ccc([C@@H]2COCCN2C(=O)Cc2ccccc2[N+](=O)[O-])o1. The van der Waals surface area contributed by atoms with E-state index in [2.05, 4.69) is 0 Å². The lowest BCUT2D eigenvalue weighted by atomic mass is 10.1. The van der Waals surface area contributed by atoms with Crippen molar-refractivity contribution < 1.29 is 18.9 Å². The summed E-state index contributed by atoms with van der Waals surface area (Å²) in [4.78, 5) is 25.2. The summed E-state index contributed by atoms with van der Waals surface area (Å²) in [5.41, 5.74) is 0.378. The first-order valence-corrected chi connectivity index (χ1v) is 8.28. The van der Waals surface area contributed by atoms with E-state index in [9.17, 15) is 14.9 Å². The third-order valence-electron chi connectivity index (χ3n) is 4.34. The summed E-state index contributed by atoms with van der Waals surface area (Å²) in [5, 5.41) is 11.1. The molecule has 1 aliphatic heterocycles. The number of amides is 1. The Morgan fingerprint density at radius 1 is 1.32 bits per heavy atom. The van der Waals surface area contributed by atoms with Crippen molar-refractivity contribution in [2.24, 2.45) is 0 Å². The van der Waals surface area contributed by atoms with Gasteiger partial charge in [0.2, 0.25) is 5.91 Å². The maximum atomic E-state index is 12.8. The number of nitro groups is 1. The highest BCUT2D eigenvalue weighted by Crippen LogP contribution is 2.28. The first-order valence-electron chi connectivity index (χ1n) is 8.28. The minimum atomic E-state index is -0.459. The van der Waals surface area contributed by atoms with Gasteiger partial charge in [0.15, 0.2) is 0 Å². The van der Waals surface area contributed by atoms with E-state index in [0.29, 0.717) is 31.1 Å². The van der Waals surface area contributed by atoms with E-state index in [1.165, 1.54) is 6.07 Å². The van der Waals surface area contributed by atoms with Gasteiger partial charge in [-0.05, 0) is 12.1 Å². The second-order valence-electron chi connectivity index (χ2n) is 5.90. The Balaban J connectivity index is 1.81. The fourth-order valence-corrected chi connectivity index (χ4v) is 3.00. The number of carbonyl (C=O) groups is 1. The summed E-state index contributed by atoms with van der Waals surface area (Å²) >= 11 is 0. The predicted molar refractivity (Wildman–Crippen MR) is 90.2 cm³/mol. The number of nitrogens with zero attached hydrogens (tertiary/aromatic N) is 2. The monoisotopic (exact) mass is 344 g/mol. The van der Waals surface area contributed by atoms with Crippen molar-refractivity contribution in [3.8, 4) is 0 Å².